The van der Waals surface area contributed by atoms with Crippen molar-refractivity contribution in [1.82, 2.24) is 4.90 Å². The first kappa shape index (κ1) is 9.32. The Morgan fingerprint density at radius 2 is 2.25 bits per heavy atom. The number of hydrogen-bond donors (Lipinski definition) is 2. The summed E-state index contributed by atoms with van der Waals surface area (Å²) in [5, 5.41) is 8.72. The van der Waals surface area contributed by atoms with Crippen LogP contribution in [-0.4, -0.2) is 35.7 Å². The highest BCUT2D eigenvalue weighted by Crippen LogP contribution is 2.15. The van der Waals surface area contributed by atoms with Crippen LogP contribution in [0.1, 0.15) is 19.3 Å². The van der Waals surface area contributed by atoms with E-state index in [2.05, 4.69) is 0 Å². The fourth-order valence-electron chi connectivity index (χ4n) is 1.59. The fourth-order valence-corrected chi connectivity index (χ4v) is 1.59. The Morgan fingerprint density at radius 1 is 1.50 bits per heavy atom. The van der Waals surface area contributed by atoms with Gasteiger partial charge in [0.1, 0.15) is 0 Å². The summed E-state index contributed by atoms with van der Waals surface area (Å²) in [5.74, 6) is 0.523. The van der Waals surface area contributed by atoms with Gasteiger partial charge in [-0.15, -0.1) is 0 Å². The van der Waals surface area contributed by atoms with Crippen molar-refractivity contribution >= 4 is 6.09 Å². The molecule has 0 aromatic rings. The lowest BCUT2D eigenvalue weighted by atomic mass is 10.0. The molecule has 0 spiro atoms. The van der Waals surface area contributed by atoms with Crippen molar-refractivity contribution < 1.29 is 9.90 Å². The molecule has 1 atom stereocenters. The molecule has 4 heteroatoms. The van der Waals surface area contributed by atoms with E-state index in [0.29, 0.717) is 25.6 Å². The molecule has 4 nitrogen and oxygen atoms in total. The third-order valence-electron chi connectivity index (χ3n) is 2.45. The maximum Gasteiger partial charge on any atom is 0.407 e. The van der Waals surface area contributed by atoms with Gasteiger partial charge in [0.05, 0.1) is 0 Å². The molecule has 70 valence electrons. The van der Waals surface area contributed by atoms with Gasteiger partial charge >= 0.3 is 6.09 Å². The van der Waals surface area contributed by atoms with Gasteiger partial charge in [0, 0.05) is 13.1 Å². The van der Waals surface area contributed by atoms with Gasteiger partial charge in [-0.1, -0.05) is 0 Å². The van der Waals surface area contributed by atoms with Crippen LogP contribution in [0.5, 0.6) is 0 Å². The summed E-state index contributed by atoms with van der Waals surface area (Å²) >= 11 is 0. The van der Waals surface area contributed by atoms with Crippen molar-refractivity contribution in [2.75, 3.05) is 19.6 Å². The minimum Gasteiger partial charge on any atom is -0.465 e. The smallest absolute Gasteiger partial charge is 0.407 e. The molecular weight excluding hydrogens is 156 g/mol. The molecule has 1 amide bonds. The van der Waals surface area contributed by atoms with Crippen LogP contribution in [0.25, 0.3) is 0 Å². The Morgan fingerprint density at radius 3 is 2.83 bits per heavy atom. The Kier molecular flexibility index (Phi) is 3.34. The van der Waals surface area contributed by atoms with E-state index < -0.39 is 6.09 Å². The molecule has 3 N–H and O–H groups in total. The summed E-state index contributed by atoms with van der Waals surface area (Å²) < 4.78 is 0. The predicted molar refractivity (Wildman–Crippen MR) is 46.0 cm³/mol. The highest BCUT2D eigenvalue weighted by Gasteiger charge is 2.18. The molecule has 12 heavy (non-hydrogen) atoms. The SMILES string of the molecule is NCC1CCCN(C(=O)O)CC1. The molecule has 0 aromatic heterocycles. The number of nitrogens with zero attached hydrogens (tertiary/aromatic N) is 1. The van der Waals surface area contributed by atoms with Gasteiger partial charge < -0.3 is 15.7 Å². The van der Waals surface area contributed by atoms with Crippen molar-refractivity contribution in [3.05, 3.63) is 0 Å². The van der Waals surface area contributed by atoms with E-state index in [9.17, 15) is 4.79 Å². The fraction of sp³-hybridized carbons (Fsp3) is 0.875. The lowest BCUT2D eigenvalue weighted by molar-refractivity contribution is 0.146. The topological polar surface area (TPSA) is 66.6 Å². The maximum atomic E-state index is 10.6. The molecule has 1 heterocycles. The predicted octanol–water partition coefficient (Wildman–Crippen LogP) is 0.725. The number of carbonyl (C=O) groups is 1. The summed E-state index contributed by atoms with van der Waals surface area (Å²) in [6.45, 7) is 2.01. The average molecular weight is 172 g/mol. The largest absolute Gasteiger partial charge is 0.465 e. The van der Waals surface area contributed by atoms with Crippen molar-refractivity contribution in [3.63, 3.8) is 0 Å². The second kappa shape index (κ2) is 4.30. The molecule has 0 aromatic carbocycles. The van der Waals surface area contributed by atoms with Gasteiger partial charge in [0.25, 0.3) is 0 Å². The number of carboxylic acid groups (broad SMARTS) is 1. The van der Waals surface area contributed by atoms with Crippen molar-refractivity contribution in [2.24, 2.45) is 11.7 Å². The zero-order valence-electron chi connectivity index (χ0n) is 7.20. The number of nitrogens with two attached hydrogens (primary N) is 1. The van der Waals surface area contributed by atoms with E-state index in [1.165, 1.54) is 4.90 Å². The van der Waals surface area contributed by atoms with Crippen LogP contribution in [0.3, 0.4) is 0 Å². The maximum absolute atomic E-state index is 10.6. The number of amides is 1. The summed E-state index contributed by atoms with van der Waals surface area (Å²) in [7, 11) is 0. The first-order chi connectivity index (χ1) is 5.74. The monoisotopic (exact) mass is 172 g/mol. The molecule has 0 saturated carbocycles. The van der Waals surface area contributed by atoms with Gasteiger partial charge in [-0.3, -0.25) is 0 Å². The molecule has 0 bridgehead atoms. The van der Waals surface area contributed by atoms with E-state index in [1.54, 1.807) is 0 Å². The highest BCUT2D eigenvalue weighted by atomic mass is 16.4. The minimum absolute atomic E-state index is 0.523. The molecule has 1 saturated heterocycles. The van der Waals surface area contributed by atoms with Gasteiger partial charge in [-0.2, -0.15) is 0 Å². The second-order valence-electron chi connectivity index (χ2n) is 3.30. The molecule has 0 radical (unpaired) electrons. The Hall–Kier alpha value is -0.770. The van der Waals surface area contributed by atoms with Crippen LogP contribution in [0.15, 0.2) is 0 Å². The van der Waals surface area contributed by atoms with E-state index in [-0.39, 0.29) is 0 Å². The third kappa shape index (κ3) is 2.37. The van der Waals surface area contributed by atoms with E-state index in [4.69, 9.17) is 10.8 Å². The van der Waals surface area contributed by atoms with Crippen molar-refractivity contribution in [1.29, 1.82) is 0 Å². The molecule has 0 aliphatic carbocycles. The third-order valence-corrected chi connectivity index (χ3v) is 2.45. The molecule has 1 rings (SSSR count). The molecular formula is C8H16N2O2. The quantitative estimate of drug-likeness (QED) is 0.612. The van der Waals surface area contributed by atoms with Crippen molar-refractivity contribution in [2.45, 2.75) is 19.3 Å². The zero-order valence-corrected chi connectivity index (χ0v) is 7.20. The van der Waals surface area contributed by atoms with Crippen LogP contribution in [0.2, 0.25) is 0 Å². The number of likely N-dealkylation sites (tertiary alicyclic amines) is 1. The molecule has 1 aliphatic rings. The van der Waals surface area contributed by atoms with Crippen LogP contribution in [-0.2, 0) is 0 Å². The Bertz CT molecular complexity index is 161. The second-order valence-corrected chi connectivity index (χ2v) is 3.30. The summed E-state index contributed by atoms with van der Waals surface area (Å²) in [6.07, 6.45) is 2.14. The minimum atomic E-state index is -0.798. The van der Waals surface area contributed by atoms with Crippen LogP contribution >= 0.6 is 0 Å². The zero-order chi connectivity index (χ0) is 8.97. The molecule has 1 fully saturated rings. The number of hydrogen-bond acceptors (Lipinski definition) is 2. The highest BCUT2D eigenvalue weighted by molar-refractivity contribution is 5.64. The van der Waals surface area contributed by atoms with E-state index in [0.717, 1.165) is 19.3 Å². The first-order valence-electron chi connectivity index (χ1n) is 4.42. The van der Waals surface area contributed by atoms with Crippen molar-refractivity contribution in [3.8, 4) is 0 Å². The normalized spacial score (nSPS) is 25.1. The molecule has 1 unspecified atom stereocenters. The van der Waals surface area contributed by atoms with Gasteiger partial charge in [0.15, 0.2) is 0 Å². The van der Waals surface area contributed by atoms with Gasteiger partial charge in [-0.05, 0) is 31.7 Å². The summed E-state index contributed by atoms with van der Waals surface area (Å²) in [4.78, 5) is 12.1. The lowest BCUT2D eigenvalue weighted by Crippen LogP contribution is -2.30. The van der Waals surface area contributed by atoms with Gasteiger partial charge in [-0.25, -0.2) is 4.79 Å². The van der Waals surface area contributed by atoms with Crippen LogP contribution in [0.4, 0.5) is 4.79 Å². The molecule has 1 aliphatic heterocycles. The standard InChI is InChI=1S/C8H16N2O2/c9-6-7-2-1-4-10(5-3-7)8(11)12/h7H,1-6,9H2,(H,11,12). The van der Waals surface area contributed by atoms with E-state index >= 15 is 0 Å². The average Bonchev–Trinajstić information content (AvgIpc) is 2.28. The Balaban J connectivity index is 2.39. The lowest BCUT2D eigenvalue weighted by Gasteiger charge is -2.15. The summed E-state index contributed by atoms with van der Waals surface area (Å²) in [5.41, 5.74) is 5.53. The van der Waals surface area contributed by atoms with Crippen LogP contribution in [0, 0.1) is 5.92 Å². The van der Waals surface area contributed by atoms with Crippen LogP contribution < -0.4 is 5.73 Å². The Labute approximate surface area is 72.3 Å². The van der Waals surface area contributed by atoms with E-state index in [1.807, 2.05) is 0 Å². The number of rotatable bonds is 1. The summed E-state index contributed by atoms with van der Waals surface area (Å²) in [6, 6.07) is 0. The van der Waals surface area contributed by atoms with Gasteiger partial charge in [0.2, 0.25) is 0 Å². The first-order valence-corrected chi connectivity index (χ1v) is 4.42.